The van der Waals surface area contributed by atoms with Crippen LogP contribution in [0.15, 0.2) is 36.4 Å². The number of hydrogen-bond acceptors (Lipinski definition) is 4. The van der Waals surface area contributed by atoms with E-state index in [1.54, 1.807) is 12.1 Å². The molecule has 0 heterocycles. The third kappa shape index (κ3) is 4.73. The fraction of sp³-hybridized carbons (Fsp3) is 0.263. The summed E-state index contributed by atoms with van der Waals surface area (Å²) in [5.41, 5.74) is 3.89. The number of halogens is 1. The summed E-state index contributed by atoms with van der Waals surface area (Å²) < 4.78 is 4.67. The quantitative estimate of drug-likeness (QED) is 0.763. The number of carbonyl (C=O) groups is 2. The zero-order valence-electron chi connectivity index (χ0n) is 14.5. The van der Waals surface area contributed by atoms with Crippen molar-refractivity contribution in [2.45, 2.75) is 20.3 Å². The van der Waals surface area contributed by atoms with Gasteiger partial charge in [0.05, 0.1) is 29.9 Å². The number of benzene rings is 2. The lowest BCUT2D eigenvalue weighted by atomic mass is 10.1. The van der Waals surface area contributed by atoms with E-state index in [-0.39, 0.29) is 12.5 Å². The highest BCUT2D eigenvalue weighted by Gasteiger charge is 2.12. The molecule has 2 rings (SSSR count). The number of ether oxygens (including phenoxy) is 1. The molecule has 0 radical (unpaired) electrons. The van der Waals surface area contributed by atoms with Crippen LogP contribution >= 0.6 is 11.6 Å². The van der Waals surface area contributed by atoms with E-state index in [1.807, 2.05) is 25.1 Å². The number of anilines is 2. The lowest BCUT2D eigenvalue weighted by Gasteiger charge is -2.14. The number of rotatable bonds is 6. The van der Waals surface area contributed by atoms with Crippen LogP contribution in [0.3, 0.4) is 0 Å². The summed E-state index contributed by atoms with van der Waals surface area (Å²) in [4.78, 5) is 23.8. The number of hydrogen-bond donors (Lipinski definition) is 2. The van der Waals surface area contributed by atoms with Crippen LogP contribution in [-0.4, -0.2) is 25.5 Å². The van der Waals surface area contributed by atoms with Crippen LogP contribution in [0.5, 0.6) is 0 Å². The van der Waals surface area contributed by atoms with E-state index >= 15 is 0 Å². The Bertz CT molecular complexity index is 790. The predicted octanol–water partition coefficient (Wildman–Crippen LogP) is 4.05. The van der Waals surface area contributed by atoms with E-state index in [2.05, 4.69) is 22.3 Å². The van der Waals surface area contributed by atoms with Crippen LogP contribution in [0, 0.1) is 6.92 Å². The number of para-hydroxylation sites is 1. The highest BCUT2D eigenvalue weighted by Crippen LogP contribution is 2.24. The van der Waals surface area contributed by atoms with E-state index in [0.717, 1.165) is 23.2 Å². The standard InChI is InChI=1S/C19H21ClN2O3/c1-4-13-7-5-6-12(2)18(13)21-11-17(23)22-16-10-14(19(24)25-3)8-9-15(16)20/h5-10,21H,4,11H2,1-3H3,(H,22,23). The zero-order chi connectivity index (χ0) is 18.4. The van der Waals surface area contributed by atoms with E-state index in [1.165, 1.54) is 13.2 Å². The average Bonchev–Trinajstić information content (AvgIpc) is 2.61. The highest BCUT2D eigenvalue weighted by molar-refractivity contribution is 6.33. The zero-order valence-corrected chi connectivity index (χ0v) is 15.2. The first-order valence-electron chi connectivity index (χ1n) is 7.96. The van der Waals surface area contributed by atoms with Crippen molar-refractivity contribution in [3.8, 4) is 0 Å². The number of amides is 1. The summed E-state index contributed by atoms with van der Waals surface area (Å²) >= 11 is 6.09. The maximum atomic E-state index is 12.3. The van der Waals surface area contributed by atoms with Gasteiger partial charge in [0.1, 0.15) is 0 Å². The molecule has 0 bridgehead atoms. The molecule has 0 aromatic heterocycles. The maximum absolute atomic E-state index is 12.3. The van der Waals surface area contributed by atoms with Crippen molar-refractivity contribution < 1.29 is 14.3 Å². The van der Waals surface area contributed by atoms with Gasteiger partial charge in [0, 0.05) is 5.69 Å². The van der Waals surface area contributed by atoms with Crippen LogP contribution in [-0.2, 0) is 16.0 Å². The Morgan fingerprint density at radius 1 is 1.20 bits per heavy atom. The molecule has 1 amide bonds. The molecule has 2 aromatic carbocycles. The van der Waals surface area contributed by atoms with Gasteiger partial charge in [-0.1, -0.05) is 36.7 Å². The lowest BCUT2D eigenvalue weighted by Crippen LogP contribution is -2.23. The van der Waals surface area contributed by atoms with Crippen LogP contribution in [0.4, 0.5) is 11.4 Å². The van der Waals surface area contributed by atoms with E-state index in [4.69, 9.17) is 11.6 Å². The lowest BCUT2D eigenvalue weighted by molar-refractivity contribution is -0.114. The molecule has 25 heavy (non-hydrogen) atoms. The molecule has 0 saturated heterocycles. The van der Waals surface area contributed by atoms with Crippen molar-refractivity contribution in [2.24, 2.45) is 0 Å². The minimum absolute atomic E-state index is 0.0939. The molecule has 0 fully saturated rings. The molecule has 0 aliphatic carbocycles. The molecule has 0 aliphatic rings. The smallest absolute Gasteiger partial charge is 0.337 e. The van der Waals surface area contributed by atoms with Gasteiger partial charge in [-0.25, -0.2) is 4.79 Å². The number of nitrogens with one attached hydrogen (secondary N) is 2. The predicted molar refractivity (Wildman–Crippen MR) is 100 cm³/mol. The molecular formula is C19H21ClN2O3. The second-order valence-electron chi connectivity index (χ2n) is 5.55. The van der Waals surface area contributed by atoms with Gasteiger partial charge in [0.25, 0.3) is 0 Å². The third-order valence-corrected chi connectivity index (χ3v) is 4.16. The van der Waals surface area contributed by atoms with Crippen LogP contribution in [0.1, 0.15) is 28.4 Å². The van der Waals surface area contributed by atoms with Gasteiger partial charge in [0.15, 0.2) is 0 Å². The first-order chi connectivity index (χ1) is 12.0. The number of aryl methyl sites for hydroxylation is 2. The molecule has 0 unspecified atom stereocenters. The van der Waals surface area contributed by atoms with Crippen molar-refractivity contribution in [3.63, 3.8) is 0 Å². The van der Waals surface area contributed by atoms with Gasteiger partial charge in [-0.15, -0.1) is 0 Å². The first-order valence-corrected chi connectivity index (χ1v) is 8.34. The molecule has 5 nitrogen and oxygen atoms in total. The Labute approximate surface area is 152 Å². The summed E-state index contributed by atoms with van der Waals surface area (Å²) in [7, 11) is 1.30. The monoisotopic (exact) mass is 360 g/mol. The minimum Gasteiger partial charge on any atom is -0.465 e. The molecule has 6 heteroatoms. The van der Waals surface area contributed by atoms with Crippen molar-refractivity contribution in [1.29, 1.82) is 0 Å². The normalized spacial score (nSPS) is 10.2. The summed E-state index contributed by atoms with van der Waals surface area (Å²) in [5, 5.41) is 6.24. The van der Waals surface area contributed by atoms with Gasteiger partial charge in [-0.3, -0.25) is 4.79 Å². The summed E-state index contributed by atoms with van der Waals surface area (Å²) in [6.07, 6.45) is 0.874. The Hall–Kier alpha value is -2.53. The van der Waals surface area contributed by atoms with Crippen molar-refractivity contribution >= 4 is 34.9 Å². The second-order valence-corrected chi connectivity index (χ2v) is 5.96. The van der Waals surface area contributed by atoms with Crippen molar-refractivity contribution in [1.82, 2.24) is 0 Å². The van der Waals surface area contributed by atoms with Crippen molar-refractivity contribution in [3.05, 3.63) is 58.1 Å². The van der Waals surface area contributed by atoms with Gasteiger partial charge in [-0.2, -0.15) is 0 Å². The SMILES string of the molecule is CCc1cccc(C)c1NCC(=O)Nc1cc(C(=O)OC)ccc1Cl. The minimum atomic E-state index is -0.488. The Morgan fingerprint density at radius 2 is 1.96 bits per heavy atom. The Morgan fingerprint density at radius 3 is 2.64 bits per heavy atom. The fourth-order valence-corrected chi connectivity index (χ4v) is 2.67. The van der Waals surface area contributed by atoms with Gasteiger partial charge < -0.3 is 15.4 Å². The first kappa shape index (κ1) is 18.8. The second kappa shape index (κ2) is 8.53. The molecule has 2 aromatic rings. The Balaban J connectivity index is 2.07. The van der Waals surface area contributed by atoms with E-state index < -0.39 is 5.97 Å². The molecule has 0 atom stereocenters. The number of methoxy groups -OCH3 is 1. The fourth-order valence-electron chi connectivity index (χ4n) is 2.51. The number of carbonyl (C=O) groups excluding carboxylic acids is 2. The average molecular weight is 361 g/mol. The topological polar surface area (TPSA) is 67.4 Å². The molecule has 0 saturated carbocycles. The maximum Gasteiger partial charge on any atom is 0.337 e. The van der Waals surface area contributed by atoms with Gasteiger partial charge >= 0.3 is 5.97 Å². The molecular weight excluding hydrogens is 340 g/mol. The van der Waals surface area contributed by atoms with Crippen molar-refractivity contribution in [2.75, 3.05) is 24.3 Å². The largest absolute Gasteiger partial charge is 0.465 e. The number of esters is 1. The van der Waals surface area contributed by atoms with E-state index in [0.29, 0.717) is 16.3 Å². The van der Waals surface area contributed by atoms with Gasteiger partial charge in [-0.05, 0) is 42.7 Å². The summed E-state index contributed by atoms with van der Waals surface area (Å²) in [6, 6.07) is 10.6. The van der Waals surface area contributed by atoms with Gasteiger partial charge in [0.2, 0.25) is 5.91 Å². The molecule has 0 aliphatic heterocycles. The third-order valence-electron chi connectivity index (χ3n) is 3.83. The van der Waals surface area contributed by atoms with E-state index in [9.17, 15) is 9.59 Å². The van der Waals surface area contributed by atoms with Crippen LogP contribution in [0.2, 0.25) is 5.02 Å². The summed E-state index contributed by atoms with van der Waals surface area (Å²) in [5.74, 6) is -0.744. The highest BCUT2D eigenvalue weighted by atomic mass is 35.5. The molecule has 2 N–H and O–H groups in total. The molecule has 132 valence electrons. The summed E-state index contributed by atoms with van der Waals surface area (Å²) in [6.45, 7) is 4.16. The Kier molecular flexibility index (Phi) is 6.42. The molecule has 0 spiro atoms. The van der Waals surface area contributed by atoms with Crippen LogP contribution < -0.4 is 10.6 Å². The van der Waals surface area contributed by atoms with Crippen LogP contribution in [0.25, 0.3) is 0 Å².